The lowest BCUT2D eigenvalue weighted by Gasteiger charge is -2.10. The van der Waals surface area contributed by atoms with Gasteiger partial charge in [-0.15, -0.1) is 0 Å². The first kappa shape index (κ1) is 13.6. The summed E-state index contributed by atoms with van der Waals surface area (Å²) in [6, 6.07) is 12.4. The minimum Gasteiger partial charge on any atom is -0.487 e. The Kier molecular flexibility index (Phi) is 4.17. The summed E-state index contributed by atoms with van der Waals surface area (Å²) >= 11 is 5.86. The lowest BCUT2D eigenvalue weighted by Crippen LogP contribution is -2.01. The van der Waals surface area contributed by atoms with Crippen LogP contribution in [0.5, 0.6) is 5.75 Å². The summed E-state index contributed by atoms with van der Waals surface area (Å²) in [4.78, 5) is 11.2. The van der Waals surface area contributed by atoms with Crippen molar-refractivity contribution in [1.29, 1.82) is 0 Å². The molecule has 0 aliphatic carbocycles. The molecule has 2 nitrogen and oxygen atoms in total. The minimum atomic E-state index is -0.736. The van der Waals surface area contributed by atoms with Crippen molar-refractivity contribution < 1.29 is 13.9 Å². The fourth-order valence-electron chi connectivity index (χ4n) is 1.65. The predicted octanol–water partition coefficient (Wildman–Crippen LogP) is 4.26. The molecule has 0 amide bonds. The quantitative estimate of drug-likeness (QED) is 0.781. The molecular weight excluding hydrogens is 267 g/mol. The van der Waals surface area contributed by atoms with Gasteiger partial charge in [-0.2, -0.15) is 0 Å². The number of Topliss-reactive ketones (excluding diaryl/α,β-unsaturated/α-hetero) is 1. The third kappa shape index (κ3) is 3.12. The van der Waals surface area contributed by atoms with Crippen LogP contribution in [0.25, 0.3) is 0 Å². The number of carbonyl (C=O) groups excluding carboxylic acids is 1. The first-order chi connectivity index (χ1) is 9.09. The first-order valence-corrected chi connectivity index (χ1v) is 6.13. The van der Waals surface area contributed by atoms with E-state index in [4.69, 9.17) is 16.3 Å². The van der Waals surface area contributed by atoms with Gasteiger partial charge in [-0.3, -0.25) is 4.79 Å². The Morgan fingerprint density at radius 3 is 2.53 bits per heavy atom. The molecule has 0 atom stereocenters. The average Bonchev–Trinajstić information content (AvgIpc) is 2.41. The van der Waals surface area contributed by atoms with Crippen molar-refractivity contribution in [1.82, 2.24) is 0 Å². The van der Waals surface area contributed by atoms with Gasteiger partial charge in [0, 0.05) is 0 Å². The van der Waals surface area contributed by atoms with E-state index in [-0.39, 0.29) is 22.1 Å². The summed E-state index contributed by atoms with van der Waals surface area (Å²) in [5.74, 6) is -0.873. The summed E-state index contributed by atoms with van der Waals surface area (Å²) in [7, 11) is 0. The molecule has 0 heterocycles. The monoisotopic (exact) mass is 278 g/mol. The first-order valence-electron chi connectivity index (χ1n) is 5.75. The van der Waals surface area contributed by atoms with Crippen molar-refractivity contribution in [2.75, 3.05) is 0 Å². The molecule has 0 unspecified atom stereocenters. The molecule has 0 N–H and O–H groups in total. The van der Waals surface area contributed by atoms with E-state index in [1.54, 1.807) is 0 Å². The summed E-state index contributed by atoms with van der Waals surface area (Å²) in [6.45, 7) is 1.58. The minimum absolute atomic E-state index is 0.0305. The van der Waals surface area contributed by atoms with E-state index in [1.807, 2.05) is 30.3 Å². The Morgan fingerprint density at radius 1 is 1.21 bits per heavy atom. The maximum Gasteiger partial charge on any atom is 0.162 e. The maximum atomic E-state index is 13.8. The van der Waals surface area contributed by atoms with Gasteiger partial charge in [0.25, 0.3) is 0 Å². The molecule has 0 aromatic heterocycles. The maximum absolute atomic E-state index is 13.8. The number of ketones is 1. The largest absolute Gasteiger partial charge is 0.487 e. The molecule has 19 heavy (non-hydrogen) atoms. The summed E-state index contributed by atoms with van der Waals surface area (Å²) in [5.41, 5.74) is 0.923. The Labute approximate surface area is 115 Å². The van der Waals surface area contributed by atoms with Gasteiger partial charge in [-0.25, -0.2) is 4.39 Å². The molecule has 4 heteroatoms. The van der Waals surface area contributed by atoms with Crippen LogP contribution in [0.15, 0.2) is 42.5 Å². The number of halogens is 2. The van der Waals surface area contributed by atoms with Gasteiger partial charge >= 0.3 is 0 Å². The number of hydrogen-bond donors (Lipinski definition) is 0. The Hall–Kier alpha value is -1.87. The molecule has 0 fully saturated rings. The zero-order valence-electron chi connectivity index (χ0n) is 10.3. The van der Waals surface area contributed by atoms with Crippen molar-refractivity contribution in [3.05, 3.63) is 64.4 Å². The second-order valence-corrected chi connectivity index (χ2v) is 4.45. The fraction of sp³-hybridized carbons (Fsp3) is 0.133. The van der Waals surface area contributed by atoms with Gasteiger partial charge in [-0.05, 0) is 24.6 Å². The van der Waals surface area contributed by atoms with E-state index < -0.39 is 5.82 Å². The molecule has 0 radical (unpaired) electrons. The van der Waals surface area contributed by atoms with E-state index in [0.29, 0.717) is 6.61 Å². The topological polar surface area (TPSA) is 26.3 Å². The van der Waals surface area contributed by atoms with Crippen molar-refractivity contribution in [3.8, 4) is 5.75 Å². The number of benzene rings is 2. The molecule has 0 saturated carbocycles. The fourth-order valence-corrected chi connectivity index (χ4v) is 1.87. The third-order valence-electron chi connectivity index (χ3n) is 2.66. The SMILES string of the molecule is CC(=O)c1ccc(OCc2ccccc2)c(Cl)c1F. The molecule has 0 aliphatic rings. The second-order valence-electron chi connectivity index (χ2n) is 4.07. The average molecular weight is 279 g/mol. The highest BCUT2D eigenvalue weighted by molar-refractivity contribution is 6.32. The van der Waals surface area contributed by atoms with Gasteiger partial charge in [0.1, 0.15) is 17.4 Å². The second kappa shape index (κ2) is 5.85. The lowest BCUT2D eigenvalue weighted by atomic mass is 10.1. The number of rotatable bonds is 4. The van der Waals surface area contributed by atoms with Crippen LogP contribution < -0.4 is 4.74 Å². The lowest BCUT2D eigenvalue weighted by molar-refractivity contribution is 0.101. The molecule has 2 aromatic carbocycles. The number of hydrogen-bond acceptors (Lipinski definition) is 2. The van der Waals surface area contributed by atoms with Gasteiger partial charge < -0.3 is 4.74 Å². The van der Waals surface area contributed by atoms with Gasteiger partial charge in [0.05, 0.1) is 5.56 Å². The summed E-state index contributed by atoms with van der Waals surface area (Å²) in [6.07, 6.45) is 0. The molecule has 2 rings (SSSR count). The van der Waals surface area contributed by atoms with Crippen LogP contribution in [0.3, 0.4) is 0 Å². The van der Waals surface area contributed by atoms with Crippen LogP contribution in [0, 0.1) is 5.82 Å². The number of ether oxygens (including phenoxy) is 1. The van der Waals surface area contributed by atoms with Gasteiger partial charge in [-0.1, -0.05) is 41.9 Å². The molecule has 0 spiro atoms. The Morgan fingerprint density at radius 2 is 1.89 bits per heavy atom. The van der Waals surface area contributed by atoms with E-state index in [1.165, 1.54) is 19.1 Å². The van der Waals surface area contributed by atoms with Crippen molar-refractivity contribution in [2.45, 2.75) is 13.5 Å². The van der Waals surface area contributed by atoms with Crippen LogP contribution in [0.1, 0.15) is 22.8 Å². The van der Waals surface area contributed by atoms with E-state index in [0.717, 1.165) is 5.56 Å². The molecular formula is C15H12ClFO2. The smallest absolute Gasteiger partial charge is 0.162 e. The molecule has 0 aliphatic heterocycles. The third-order valence-corrected chi connectivity index (χ3v) is 3.02. The van der Waals surface area contributed by atoms with E-state index in [2.05, 4.69) is 0 Å². The zero-order chi connectivity index (χ0) is 13.8. The van der Waals surface area contributed by atoms with E-state index in [9.17, 15) is 9.18 Å². The van der Waals surface area contributed by atoms with Crippen molar-refractivity contribution >= 4 is 17.4 Å². The predicted molar refractivity (Wildman–Crippen MR) is 72.2 cm³/mol. The van der Waals surface area contributed by atoms with Gasteiger partial charge in [0.2, 0.25) is 0 Å². The normalized spacial score (nSPS) is 10.3. The van der Waals surface area contributed by atoms with Crippen molar-refractivity contribution in [3.63, 3.8) is 0 Å². The molecule has 0 saturated heterocycles. The Bertz CT molecular complexity index is 597. The highest BCUT2D eigenvalue weighted by Crippen LogP contribution is 2.30. The summed E-state index contributed by atoms with van der Waals surface area (Å²) in [5, 5.41) is -0.163. The van der Waals surface area contributed by atoms with Crippen LogP contribution in [-0.4, -0.2) is 5.78 Å². The highest BCUT2D eigenvalue weighted by Gasteiger charge is 2.15. The highest BCUT2D eigenvalue weighted by atomic mass is 35.5. The van der Waals surface area contributed by atoms with Crippen LogP contribution in [0.4, 0.5) is 4.39 Å². The molecule has 98 valence electrons. The Balaban J connectivity index is 2.18. The molecule has 0 bridgehead atoms. The van der Waals surface area contributed by atoms with Crippen LogP contribution in [0.2, 0.25) is 5.02 Å². The van der Waals surface area contributed by atoms with E-state index >= 15 is 0 Å². The molecule has 2 aromatic rings. The standard InChI is InChI=1S/C15H12ClFO2/c1-10(18)12-7-8-13(14(16)15(12)17)19-9-11-5-3-2-4-6-11/h2-8H,9H2,1H3. The van der Waals surface area contributed by atoms with Gasteiger partial charge in [0.15, 0.2) is 11.6 Å². The van der Waals surface area contributed by atoms with Crippen LogP contribution in [-0.2, 0) is 6.61 Å². The number of carbonyl (C=O) groups is 1. The van der Waals surface area contributed by atoms with Crippen molar-refractivity contribution in [2.24, 2.45) is 0 Å². The van der Waals surface area contributed by atoms with Crippen LogP contribution >= 0.6 is 11.6 Å². The zero-order valence-corrected chi connectivity index (χ0v) is 11.1. The summed E-state index contributed by atoms with van der Waals surface area (Å²) < 4.78 is 19.3.